The first-order valence-corrected chi connectivity index (χ1v) is 14.2. The Labute approximate surface area is 238 Å². The van der Waals surface area contributed by atoms with E-state index in [4.69, 9.17) is 18.9 Å². The van der Waals surface area contributed by atoms with Crippen LogP contribution < -0.4 is 11.2 Å². The largest absolute Gasteiger partial charge is 0.358 e. The monoisotopic (exact) mass is 554 g/mol. The fraction of sp³-hybridized carbons (Fsp3) is 0.333. The van der Waals surface area contributed by atoms with Crippen molar-refractivity contribution in [2.75, 3.05) is 13.2 Å². The molecule has 2 aliphatic heterocycles. The van der Waals surface area contributed by atoms with E-state index in [0.717, 1.165) is 36.0 Å². The summed E-state index contributed by atoms with van der Waals surface area (Å²) in [6.45, 7) is 0.875. The van der Waals surface area contributed by atoms with E-state index in [1.807, 2.05) is 54.6 Å². The normalized spacial score (nSPS) is 22.9. The van der Waals surface area contributed by atoms with E-state index in [9.17, 15) is 9.59 Å². The molecule has 4 aromatic rings. The first-order valence-electron chi connectivity index (χ1n) is 14.2. The van der Waals surface area contributed by atoms with Crippen molar-refractivity contribution in [3.05, 3.63) is 141 Å². The summed E-state index contributed by atoms with van der Waals surface area (Å²) in [6.07, 6.45) is 2.79. The van der Waals surface area contributed by atoms with Gasteiger partial charge in [0.2, 0.25) is 0 Å². The molecule has 2 aliphatic rings. The van der Waals surface area contributed by atoms with Crippen molar-refractivity contribution in [2.45, 2.75) is 56.0 Å². The number of benzene rings is 3. The number of hydrogen-bond acceptors (Lipinski definition) is 6. The smallest absolute Gasteiger partial charge is 0.330 e. The van der Waals surface area contributed by atoms with Crippen molar-refractivity contribution in [1.29, 1.82) is 0 Å². The molecule has 41 heavy (non-hydrogen) atoms. The van der Waals surface area contributed by atoms with E-state index in [1.54, 1.807) is 0 Å². The molecule has 1 aromatic heterocycles. The second-order valence-electron chi connectivity index (χ2n) is 10.5. The summed E-state index contributed by atoms with van der Waals surface area (Å²) in [5.41, 5.74) is 1.07. The van der Waals surface area contributed by atoms with Crippen LogP contribution in [-0.4, -0.2) is 41.3 Å². The second-order valence-corrected chi connectivity index (χ2v) is 10.5. The molecule has 0 bridgehead atoms. The Balaban J connectivity index is 1.33. The topological polar surface area (TPSA) is 91.8 Å². The lowest BCUT2D eigenvalue weighted by atomic mass is 9.80. The van der Waals surface area contributed by atoms with Crippen molar-refractivity contribution in [3.63, 3.8) is 0 Å². The van der Waals surface area contributed by atoms with Gasteiger partial charge in [-0.1, -0.05) is 91.0 Å². The number of rotatable bonds is 9. The van der Waals surface area contributed by atoms with Crippen LogP contribution in [0.25, 0.3) is 0 Å². The molecule has 0 saturated carbocycles. The van der Waals surface area contributed by atoms with Crippen LogP contribution in [0, 0.1) is 0 Å². The molecule has 8 nitrogen and oxygen atoms in total. The molecule has 0 unspecified atom stereocenters. The number of aromatic amines is 1. The van der Waals surface area contributed by atoms with Crippen molar-refractivity contribution in [1.82, 2.24) is 9.55 Å². The van der Waals surface area contributed by atoms with Gasteiger partial charge in [0.05, 0.1) is 12.7 Å². The third kappa shape index (κ3) is 5.83. The minimum Gasteiger partial charge on any atom is -0.358 e. The van der Waals surface area contributed by atoms with Crippen LogP contribution in [0.2, 0.25) is 0 Å². The molecule has 3 heterocycles. The Kier molecular flexibility index (Phi) is 8.25. The lowest BCUT2D eigenvalue weighted by Crippen LogP contribution is -2.38. The Morgan fingerprint density at radius 2 is 1.44 bits per heavy atom. The van der Waals surface area contributed by atoms with Gasteiger partial charge in [-0.25, -0.2) is 4.79 Å². The SMILES string of the molecule is O=c1ccn([C@@H]2O[C@H](COC(c3ccccc3)(c3ccccc3)c3ccccc3)C[C@H]2O[C@@H]2CCCCO2)c(=O)[nH]1. The summed E-state index contributed by atoms with van der Waals surface area (Å²) in [5, 5.41) is 0. The highest BCUT2D eigenvalue weighted by Gasteiger charge is 2.43. The number of ether oxygens (including phenoxy) is 4. The quantitative estimate of drug-likeness (QED) is 0.301. The summed E-state index contributed by atoms with van der Waals surface area (Å²) in [6, 6.07) is 31.8. The van der Waals surface area contributed by atoms with E-state index in [1.165, 1.54) is 16.8 Å². The van der Waals surface area contributed by atoms with Crippen molar-refractivity contribution < 1.29 is 18.9 Å². The summed E-state index contributed by atoms with van der Waals surface area (Å²) in [7, 11) is 0. The fourth-order valence-electron chi connectivity index (χ4n) is 5.82. The van der Waals surface area contributed by atoms with Crippen LogP contribution in [0.15, 0.2) is 113 Å². The summed E-state index contributed by atoms with van der Waals surface area (Å²) >= 11 is 0. The molecule has 0 spiro atoms. The van der Waals surface area contributed by atoms with Crippen LogP contribution in [0.1, 0.15) is 48.6 Å². The molecule has 212 valence electrons. The molecule has 3 aromatic carbocycles. The van der Waals surface area contributed by atoms with Gasteiger partial charge in [0.15, 0.2) is 12.5 Å². The summed E-state index contributed by atoms with van der Waals surface area (Å²) in [4.78, 5) is 26.8. The van der Waals surface area contributed by atoms with Gasteiger partial charge in [-0.3, -0.25) is 14.3 Å². The highest BCUT2D eigenvalue weighted by atomic mass is 16.7. The fourth-order valence-corrected chi connectivity index (χ4v) is 5.82. The van der Waals surface area contributed by atoms with E-state index in [-0.39, 0.29) is 19.0 Å². The summed E-state index contributed by atoms with van der Waals surface area (Å²) < 4.78 is 27.0. The van der Waals surface area contributed by atoms with Crippen molar-refractivity contribution in [2.24, 2.45) is 0 Å². The predicted octanol–water partition coefficient (Wildman–Crippen LogP) is 4.74. The summed E-state index contributed by atoms with van der Waals surface area (Å²) in [5.74, 6) is 0. The number of H-pyrrole nitrogens is 1. The molecular formula is C33H34N2O6. The van der Waals surface area contributed by atoms with Crippen LogP contribution in [-0.2, 0) is 24.5 Å². The van der Waals surface area contributed by atoms with E-state index < -0.39 is 29.2 Å². The van der Waals surface area contributed by atoms with Gasteiger partial charge in [0.25, 0.3) is 5.56 Å². The molecular weight excluding hydrogens is 520 g/mol. The number of aromatic nitrogens is 2. The van der Waals surface area contributed by atoms with Gasteiger partial charge in [0, 0.05) is 25.3 Å². The van der Waals surface area contributed by atoms with Crippen LogP contribution >= 0.6 is 0 Å². The number of hydrogen-bond donors (Lipinski definition) is 1. The third-order valence-corrected chi connectivity index (χ3v) is 7.76. The zero-order chi connectivity index (χ0) is 28.1. The molecule has 0 aliphatic carbocycles. The van der Waals surface area contributed by atoms with Crippen molar-refractivity contribution in [3.8, 4) is 0 Å². The maximum atomic E-state index is 12.8. The third-order valence-electron chi connectivity index (χ3n) is 7.76. The Hall–Kier alpha value is -3.82. The van der Waals surface area contributed by atoms with Crippen molar-refractivity contribution >= 4 is 0 Å². The maximum absolute atomic E-state index is 12.8. The number of nitrogens with zero attached hydrogens (tertiary/aromatic N) is 1. The van der Waals surface area contributed by atoms with E-state index in [0.29, 0.717) is 13.0 Å². The predicted molar refractivity (Wildman–Crippen MR) is 153 cm³/mol. The van der Waals surface area contributed by atoms with Crippen LogP contribution in [0.3, 0.4) is 0 Å². The van der Waals surface area contributed by atoms with Gasteiger partial charge in [0.1, 0.15) is 11.7 Å². The van der Waals surface area contributed by atoms with Gasteiger partial charge >= 0.3 is 5.69 Å². The minimum atomic E-state index is -0.900. The highest BCUT2D eigenvalue weighted by molar-refractivity contribution is 5.47. The average molecular weight is 555 g/mol. The Morgan fingerprint density at radius 1 is 0.829 bits per heavy atom. The maximum Gasteiger partial charge on any atom is 0.330 e. The molecule has 2 saturated heterocycles. The molecule has 4 atom stereocenters. The molecule has 0 amide bonds. The zero-order valence-corrected chi connectivity index (χ0v) is 22.8. The first kappa shape index (κ1) is 27.4. The number of nitrogens with one attached hydrogen (secondary N) is 1. The second kappa shape index (κ2) is 12.4. The zero-order valence-electron chi connectivity index (χ0n) is 22.8. The first-order chi connectivity index (χ1) is 20.1. The average Bonchev–Trinajstić information content (AvgIpc) is 3.41. The lowest BCUT2D eigenvalue weighted by molar-refractivity contribution is -0.205. The van der Waals surface area contributed by atoms with Gasteiger partial charge in [-0.05, 0) is 36.0 Å². The molecule has 0 radical (unpaired) electrons. The van der Waals surface area contributed by atoms with Crippen LogP contribution in [0.5, 0.6) is 0 Å². The standard InChI is InChI=1S/C33H34N2O6/c36-29-19-20-35(32(37)34-29)31-28(41-30-18-10-11-21-38-30)22-27(40-31)23-39-33(24-12-4-1-5-13-24,25-14-6-2-7-15-25)26-16-8-3-9-17-26/h1-9,12-17,19-20,27-28,30-31H,10-11,18,21-23H2,(H,34,36,37)/t27-,28+,30+,31+/m0/s1. The van der Waals surface area contributed by atoms with Gasteiger partial charge in [-0.2, -0.15) is 0 Å². The lowest BCUT2D eigenvalue weighted by Gasteiger charge is -2.36. The molecule has 1 N–H and O–H groups in total. The van der Waals surface area contributed by atoms with E-state index >= 15 is 0 Å². The van der Waals surface area contributed by atoms with E-state index in [2.05, 4.69) is 41.4 Å². The highest BCUT2D eigenvalue weighted by Crippen LogP contribution is 2.42. The van der Waals surface area contributed by atoms with Gasteiger partial charge in [-0.15, -0.1) is 0 Å². The van der Waals surface area contributed by atoms with Crippen LogP contribution in [0.4, 0.5) is 0 Å². The Bertz CT molecular complexity index is 1420. The molecule has 8 heteroatoms. The minimum absolute atomic E-state index is 0.235. The molecule has 2 fully saturated rings. The molecule has 6 rings (SSSR count). The van der Waals surface area contributed by atoms with Gasteiger partial charge < -0.3 is 18.9 Å². The Morgan fingerprint density at radius 3 is 1.98 bits per heavy atom.